The van der Waals surface area contributed by atoms with Crippen LogP contribution in [0.3, 0.4) is 0 Å². The molecule has 0 aliphatic carbocycles. The quantitative estimate of drug-likeness (QED) is 0.713. The van der Waals surface area contributed by atoms with Crippen molar-refractivity contribution in [3.8, 4) is 5.75 Å². The number of morpholine rings is 1. The minimum absolute atomic E-state index is 0.000732. The number of carbonyl (C=O) groups excluding carboxylic acids is 2. The molecule has 0 spiro atoms. The number of carbonyl (C=O) groups is 2. The minimum atomic E-state index is -0.0178. The largest absolute Gasteiger partial charge is 0.493 e. The van der Waals surface area contributed by atoms with Gasteiger partial charge in [-0.15, -0.1) is 0 Å². The third-order valence-electron chi connectivity index (χ3n) is 5.51. The Morgan fingerprint density at radius 2 is 1.76 bits per heavy atom. The monoisotopic (exact) mass is 400 g/mol. The number of amides is 2. The molecule has 2 aliphatic rings. The number of ether oxygens (including phenoxy) is 2. The lowest BCUT2D eigenvalue weighted by Gasteiger charge is -2.39. The van der Waals surface area contributed by atoms with Crippen LogP contribution in [0, 0.1) is 5.92 Å². The van der Waals surface area contributed by atoms with E-state index in [1.807, 2.05) is 54.8 Å². The van der Waals surface area contributed by atoms with Gasteiger partial charge in [0.05, 0.1) is 18.8 Å². The zero-order valence-electron chi connectivity index (χ0n) is 17.7. The molecule has 0 radical (unpaired) electrons. The molecule has 0 N–H and O–H groups in total. The fraction of sp³-hybridized carbons (Fsp3) is 0.565. The van der Waals surface area contributed by atoms with E-state index in [0.717, 1.165) is 11.3 Å². The summed E-state index contributed by atoms with van der Waals surface area (Å²) in [5, 5.41) is 0. The average Bonchev–Trinajstić information content (AvgIpc) is 2.72. The highest BCUT2D eigenvalue weighted by Crippen LogP contribution is 2.23. The van der Waals surface area contributed by atoms with Crippen LogP contribution in [0.15, 0.2) is 30.3 Å². The zero-order chi connectivity index (χ0) is 20.8. The molecule has 6 nitrogen and oxygen atoms in total. The summed E-state index contributed by atoms with van der Waals surface area (Å²) in [7, 11) is 0. The second kappa shape index (κ2) is 9.92. The number of piperidine rings is 1. The van der Waals surface area contributed by atoms with Crippen molar-refractivity contribution >= 4 is 17.9 Å². The van der Waals surface area contributed by atoms with Crippen molar-refractivity contribution in [1.82, 2.24) is 9.80 Å². The van der Waals surface area contributed by atoms with Gasteiger partial charge in [-0.3, -0.25) is 9.59 Å². The van der Waals surface area contributed by atoms with Gasteiger partial charge in [0, 0.05) is 43.7 Å². The van der Waals surface area contributed by atoms with Gasteiger partial charge in [-0.2, -0.15) is 0 Å². The van der Waals surface area contributed by atoms with E-state index in [4.69, 9.17) is 9.47 Å². The SMILES string of the molecule is CCOc1ccccc1/C=C/C(=O)N1CCC(C(=O)N2CC(C)OC(C)C2)CC1. The molecule has 2 fully saturated rings. The number of hydrogen-bond acceptors (Lipinski definition) is 4. The average molecular weight is 401 g/mol. The summed E-state index contributed by atoms with van der Waals surface area (Å²) < 4.78 is 11.3. The van der Waals surface area contributed by atoms with Gasteiger partial charge in [0.1, 0.15) is 5.75 Å². The van der Waals surface area contributed by atoms with Gasteiger partial charge >= 0.3 is 0 Å². The van der Waals surface area contributed by atoms with Crippen molar-refractivity contribution in [2.45, 2.75) is 45.8 Å². The highest BCUT2D eigenvalue weighted by Gasteiger charge is 2.33. The highest BCUT2D eigenvalue weighted by molar-refractivity contribution is 5.92. The van der Waals surface area contributed by atoms with Crippen LogP contribution in [0.5, 0.6) is 5.75 Å². The molecule has 2 amide bonds. The lowest BCUT2D eigenvalue weighted by molar-refractivity contribution is -0.149. The summed E-state index contributed by atoms with van der Waals surface area (Å²) in [6, 6.07) is 7.68. The first-order valence-corrected chi connectivity index (χ1v) is 10.6. The first kappa shape index (κ1) is 21.4. The van der Waals surface area contributed by atoms with Crippen molar-refractivity contribution in [2.24, 2.45) is 5.92 Å². The molecule has 6 heteroatoms. The minimum Gasteiger partial charge on any atom is -0.493 e. The molecule has 29 heavy (non-hydrogen) atoms. The Morgan fingerprint density at radius 3 is 2.41 bits per heavy atom. The Balaban J connectivity index is 1.52. The van der Waals surface area contributed by atoms with Crippen LogP contribution in [-0.4, -0.2) is 66.6 Å². The molecule has 2 saturated heterocycles. The van der Waals surface area contributed by atoms with Gasteiger partial charge in [0.2, 0.25) is 11.8 Å². The zero-order valence-corrected chi connectivity index (χ0v) is 17.7. The number of hydrogen-bond donors (Lipinski definition) is 0. The van der Waals surface area contributed by atoms with Gasteiger partial charge in [-0.05, 0) is 45.8 Å². The smallest absolute Gasteiger partial charge is 0.246 e. The molecular formula is C23H32N2O4. The normalized spacial score (nSPS) is 23.4. The number of rotatable bonds is 5. The molecule has 2 unspecified atom stereocenters. The molecule has 0 aromatic heterocycles. The molecule has 2 heterocycles. The predicted octanol–water partition coefficient (Wildman–Crippen LogP) is 2.97. The Bertz CT molecular complexity index is 730. The van der Waals surface area contributed by atoms with Crippen molar-refractivity contribution in [3.63, 3.8) is 0 Å². The summed E-state index contributed by atoms with van der Waals surface area (Å²) in [5.41, 5.74) is 0.892. The summed E-state index contributed by atoms with van der Waals surface area (Å²) in [6.07, 6.45) is 5.00. The Kier molecular flexibility index (Phi) is 7.31. The number of likely N-dealkylation sites (tertiary alicyclic amines) is 1. The second-order valence-electron chi connectivity index (χ2n) is 7.90. The molecule has 2 aliphatic heterocycles. The Hall–Kier alpha value is -2.34. The second-order valence-corrected chi connectivity index (χ2v) is 7.90. The Morgan fingerprint density at radius 1 is 1.10 bits per heavy atom. The summed E-state index contributed by atoms with van der Waals surface area (Å²) in [5.74, 6) is 0.965. The van der Waals surface area contributed by atoms with Crippen LogP contribution in [-0.2, 0) is 14.3 Å². The van der Waals surface area contributed by atoms with E-state index in [9.17, 15) is 9.59 Å². The lowest BCUT2D eigenvalue weighted by atomic mass is 9.94. The number of nitrogens with zero attached hydrogens (tertiary/aromatic N) is 2. The van der Waals surface area contributed by atoms with E-state index < -0.39 is 0 Å². The highest BCUT2D eigenvalue weighted by atomic mass is 16.5. The van der Waals surface area contributed by atoms with Crippen LogP contribution in [0.2, 0.25) is 0 Å². The molecule has 1 aromatic rings. The van der Waals surface area contributed by atoms with E-state index in [0.29, 0.717) is 45.6 Å². The molecular weight excluding hydrogens is 368 g/mol. The lowest BCUT2D eigenvalue weighted by Crippen LogP contribution is -2.51. The maximum absolute atomic E-state index is 12.9. The first-order chi connectivity index (χ1) is 14.0. The van der Waals surface area contributed by atoms with Crippen molar-refractivity contribution in [1.29, 1.82) is 0 Å². The van der Waals surface area contributed by atoms with Gasteiger partial charge in [0.25, 0.3) is 0 Å². The van der Waals surface area contributed by atoms with E-state index in [1.165, 1.54) is 0 Å². The summed E-state index contributed by atoms with van der Waals surface area (Å²) >= 11 is 0. The van der Waals surface area contributed by atoms with Crippen LogP contribution in [0.1, 0.15) is 39.2 Å². The summed E-state index contributed by atoms with van der Waals surface area (Å²) in [4.78, 5) is 29.2. The molecule has 0 saturated carbocycles. The van der Waals surface area contributed by atoms with Crippen LogP contribution in [0.25, 0.3) is 6.08 Å². The molecule has 3 rings (SSSR count). The van der Waals surface area contributed by atoms with E-state index in [2.05, 4.69) is 0 Å². The van der Waals surface area contributed by atoms with Crippen molar-refractivity contribution in [2.75, 3.05) is 32.8 Å². The van der Waals surface area contributed by atoms with Crippen molar-refractivity contribution in [3.05, 3.63) is 35.9 Å². The molecule has 158 valence electrons. The maximum atomic E-state index is 12.9. The third kappa shape index (κ3) is 5.60. The molecule has 2 atom stereocenters. The van der Waals surface area contributed by atoms with E-state index >= 15 is 0 Å². The van der Waals surface area contributed by atoms with Crippen molar-refractivity contribution < 1.29 is 19.1 Å². The Labute approximate surface area is 173 Å². The van der Waals surface area contributed by atoms with E-state index in [1.54, 1.807) is 12.2 Å². The van der Waals surface area contributed by atoms with E-state index in [-0.39, 0.29) is 29.9 Å². The standard InChI is InChI=1S/C23H32N2O4/c1-4-28-21-8-6-5-7-19(21)9-10-22(26)24-13-11-20(12-14-24)23(27)25-15-17(2)29-18(3)16-25/h5-10,17-18,20H,4,11-16H2,1-3H3/b10-9+. The topological polar surface area (TPSA) is 59.1 Å². The van der Waals surface area contributed by atoms with Gasteiger partial charge < -0.3 is 19.3 Å². The fourth-order valence-corrected chi connectivity index (χ4v) is 4.13. The van der Waals surface area contributed by atoms with Crippen LogP contribution < -0.4 is 4.74 Å². The van der Waals surface area contributed by atoms with Crippen LogP contribution >= 0.6 is 0 Å². The predicted molar refractivity (Wildman–Crippen MR) is 113 cm³/mol. The maximum Gasteiger partial charge on any atom is 0.246 e. The number of para-hydroxylation sites is 1. The fourth-order valence-electron chi connectivity index (χ4n) is 4.13. The third-order valence-corrected chi connectivity index (χ3v) is 5.51. The molecule has 0 bridgehead atoms. The van der Waals surface area contributed by atoms with Gasteiger partial charge in [0.15, 0.2) is 0 Å². The summed E-state index contributed by atoms with van der Waals surface area (Å²) in [6.45, 7) is 9.08. The van der Waals surface area contributed by atoms with Gasteiger partial charge in [-0.25, -0.2) is 0 Å². The van der Waals surface area contributed by atoms with Crippen LogP contribution in [0.4, 0.5) is 0 Å². The molecule has 1 aromatic carbocycles. The number of benzene rings is 1. The first-order valence-electron chi connectivity index (χ1n) is 10.6. The van der Waals surface area contributed by atoms with Gasteiger partial charge in [-0.1, -0.05) is 18.2 Å².